The summed E-state index contributed by atoms with van der Waals surface area (Å²) in [6.45, 7) is 3.19. The average molecular weight is 491 g/mol. The SMILES string of the molecule is CC(C)OC(=O)CN1C(=O)[C@@H]2[C@H]3C[C@@H]([C@@H]2C1=O)[C@@H]1[C@H](c2cccs2)c2sc(=O)[nH]c2S[C@@H]31. The van der Waals surface area contributed by atoms with Crippen LogP contribution >= 0.6 is 34.4 Å². The number of hydrogen-bond acceptors (Lipinski definition) is 8. The van der Waals surface area contributed by atoms with E-state index in [1.807, 2.05) is 11.4 Å². The van der Waals surface area contributed by atoms with Crippen molar-refractivity contribution in [2.45, 2.75) is 42.6 Å². The van der Waals surface area contributed by atoms with Gasteiger partial charge in [-0.25, -0.2) is 0 Å². The number of hydrogen-bond donors (Lipinski definition) is 1. The zero-order valence-electron chi connectivity index (χ0n) is 17.5. The number of carbonyl (C=O) groups excluding carboxylic acids is 3. The second-order valence-corrected chi connectivity index (χ2v) is 12.5. The molecule has 2 aliphatic carbocycles. The Bertz CT molecular complexity index is 1170. The van der Waals surface area contributed by atoms with Gasteiger partial charge in [-0.2, -0.15) is 0 Å². The smallest absolute Gasteiger partial charge is 0.326 e. The lowest BCUT2D eigenvalue weighted by Crippen LogP contribution is -2.42. The van der Waals surface area contributed by atoms with Gasteiger partial charge in [0.25, 0.3) is 0 Å². The van der Waals surface area contributed by atoms with E-state index in [4.69, 9.17) is 4.74 Å². The maximum atomic E-state index is 13.4. The Morgan fingerprint density at radius 2 is 1.97 bits per heavy atom. The highest BCUT2D eigenvalue weighted by molar-refractivity contribution is 8.00. The Balaban J connectivity index is 1.36. The number of fused-ring (bicyclic) bond motifs is 9. The normalized spacial score (nSPS) is 34.7. The van der Waals surface area contributed by atoms with Gasteiger partial charge in [0.2, 0.25) is 11.8 Å². The number of ether oxygens (including phenoxy) is 1. The van der Waals surface area contributed by atoms with Crippen LogP contribution in [0.2, 0.25) is 0 Å². The fraction of sp³-hybridized carbons (Fsp3) is 0.545. The number of nitrogens with one attached hydrogen (secondary N) is 1. The molecule has 1 N–H and O–H groups in total. The molecule has 10 heteroatoms. The molecule has 2 saturated carbocycles. The molecule has 2 aromatic heterocycles. The Morgan fingerprint density at radius 3 is 2.66 bits per heavy atom. The van der Waals surface area contributed by atoms with Gasteiger partial charge in [0, 0.05) is 20.9 Å². The van der Waals surface area contributed by atoms with E-state index in [9.17, 15) is 19.2 Å². The standard InChI is InChI=1S/C22H22N2O5S3/c1-8(2)29-12(25)7-24-20(26)14-9-6-10(15(14)21(24)27)17-13(9)16(11-4-3-5-30-11)18-19(31-17)23-22(28)32-18/h3-5,8-10,13-17H,6-7H2,1-2H3,(H,23,28)/t9-,10-,13-,14+,15-,16+,17+/m1/s1. The van der Waals surface area contributed by atoms with Gasteiger partial charge in [-0.05, 0) is 49.5 Å². The summed E-state index contributed by atoms with van der Waals surface area (Å²) in [7, 11) is 0. The summed E-state index contributed by atoms with van der Waals surface area (Å²) in [5.41, 5.74) is 0. The van der Waals surface area contributed by atoms with E-state index in [0.717, 1.165) is 21.2 Å². The van der Waals surface area contributed by atoms with Crippen LogP contribution in [-0.4, -0.2) is 45.6 Å². The van der Waals surface area contributed by atoms with E-state index in [1.165, 1.54) is 16.2 Å². The Kier molecular flexibility index (Phi) is 4.71. The molecule has 0 unspecified atom stereocenters. The minimum atomic E-state index is -0.544. The first-order valence-corrected chi connectivity index (χ1v) is 13.4. The minimum Gasteiger partial charge on any atom is -0.462 e. The van der Waals surface area contributed by atoms with Crippen LogP contribution in [0.3, 0.4) is 0 Å². The molecular weight excluding hydrogens is 468 g/mol. The maximum absolute atomic E-state index is 13.4. The summed E-state index contributed by atoms with van der Waals surface area (Å²) in [4.78, 5) is 57.4. The Labute approximate surface area is 196 Å². The molecule has 7 atom stereocenters. The van der Waals surface area contributed by atoms with Gasteiger partial charge in [0.1, 0.15) is 6.54 Å². The van der Waals surface area contributed by atoms with Crippen molar-refractivity contribution in [3.63, 3.8) is 0 Å². The summed E-state index contributed by atoms with van der Waals surface area (Å²) in [6.07, 6.45) is 0.554. The first-order valence-electron chi connectivity index (χ1n) is 10.8. The number of imide groups is 1. The van der Waals surface area contributed by atoms with Crippen LogP contribution in [0.25, 0.3) is 0 Å². The van der Waals surface area contributed by atoms with Crippen LogP contribution in [0.15, 0.2) is 27.3 Å². The zero-order valence-corrected chi connectivity index (χ0v) is 19.9. The van der Waals surface area contributed by atoms with Gasteiger partial charge in [-0.1, -0.05) is 17.4 Å². The van der Waals surface area contributed by atoms with Crippen molar-refractivity contribution in [1.82, 2.24) is 9.88 Å². The summed E-state index contributed by atoms with van der Waals surface area (Å²) in [5.74, 6) is -1.34. The van der Waals surface area contributed by atoms with E-state index in [1.54, 1.807) is 36.9 Å². The number of nitrogens with zero attached hydrogens (tertiary/aromatic N) is 1. The summed E-state index contributed by atoms with van der Waals surface area (Å²) < 4.78 is 5.18. The number of H-pyrrole nitrogens is 1. The van der Waals surface area contributed by atoms with Crippen LogP contribution in [0.4, 0.5) is 0 Å². The monoisotopic (exact) mass is 490 g/mol. The highest BCUT2D eigenvalue weighted by atomic mass is 32.2. The van der Waals surface area contributed by atoms with Crippen molar-refractivity contribution in [3.05, 3.63) is 36.9 Å². The lowest BCUT2D eigenvalue weighted by atomic mass is 9.69. The van der Waals surface area contributed by atoms with Gasteiger partial charge >= 0.3 is 10.8 Å². The summed E-state index contributed by atoms with van der Waals surface area (Å²) in [6, 6.07) is 4.13. The number of aromatic amines is 1. The van der Waals surface area contributed by atoms with E-state index >= 15 is 0 Å². The number of likely N-dealkylation sites (tertiary alicyclic amines) is 1. The zero-order chi connectivity index (χ0) is 22.3. The van der Waals surface area contributed by atoms with E-state index < -0.39 is 5.97 Å². The molecule has 4 heterocycles. The number of thioether (sulfide) groups is 1. The average Bonchev–Trinajstić information content (AvgIpc) is 3.52. The van der Waals surface area contributed by atoms with Crippen molar-refractivity contribution >= 4 is 52.2 Å². The fourth-order valence-corrected chi connectivity index (χ4v) is 10.3. The molecule has 4 aliphatic rings. The number of esters is 1. The molecule has 2 bridgehead atoms. The quantitative estimate of drug-likeness (QED) is 0.523. The van der Waals surface area contributed by atoms with Crippen LogP contribution < -0.4 is 4.87 Å². The first kappa shape index (κ1) is 20.7. The lowest BCUT2D eigenvalue weighted by molar-refractivity contribution is -0.155. The molecule has 32 heavy (non-hydrogen) atoms. The van der Waals surface area contributed by atoms with E-state index in [2.05, 4.69) is 11.1 Å². The third kappa shape index (κ3) is 2.85. The molecule has 0 radical (unpaired) electrons. The Morgan fingerprint density at radius 1 is 1.22 bits per heavy atom. The van der Waals surface area contributed by atoms with Crippen molar-refractivity contribution in [2.24, 2.45) is 29.6 Å². The van der Waals surface area contributed by atoms with Crippen molar-refractivity contribution in [1.29, 1.82) is 0 Å². The number of aromatic nitrogens is 1. The van der Waals surface area contributed by atoms with Crippen LogP contribution in [0, 0.1) is 29.6 Å². The third-order valence-electron chi connectivity index (χ3n) is 7.32. The highest BCUT2D eigenvalue weighted by Crippen LogP contribution is 2.68. The predicted octanol–water partition coefficient (Wildman–Crippen LogP) is 2.92. The maximum Gasteiger partial charge on any atom is 0.326 e. The molecule has 168 valence electrons. The van der Waals surface area contributed by atoms with Crippen LogP contribution in [0.5, 0.6) is 0 Å². The summed E-state index contributed by atoms with van der Waals surface area (Å²) in [5, 5.41) is 3.13. The molecule has 2 aromatic rings. The van der Waals surface area contributed by atoms with Crippen molar-refractivity contribution in [3.8, 4) is 0 Å². The van der Waals surface area contributed by atoms with Gasteiger partial charge in [-0.15, -0.1) is 23.1 Å². The lowest BCUT2D eigenvalue weighted by Gasteiger charge is -2.42. The van der Waals surface area contributed by atoms with Gasteiger partial charge < -0.3 is 9.72 Å². The molecule has 6 rings (SSSR count). The topological polar surface area (TPSA) is 96.5 Å². The molecule has 0 aromatic carbocycles. The second kappa shape index (κ2) is 7.30. The molecule has 7 nitrogen and oxygen atoms in total. The summed E-state index contributed by atoms with van der Waals surface area (Å²) >= 11 is 4.62. The number of carbonyl (C=O) groups is 3. The molecule has 3 fully saturated rings. The fourth-order valence-electron chi connectivity index (χ4n) is 6.45. The predicted molar refractivity (Wildman–Crippen MR) is 121 cm³/mol. The van der Waals surface area contributed by atoms with Gasteiger partial charge in [0.15, 0.2) is 0 Å². The number of rotatable bonds is 4. The largest absolute Gasteiger partial charge is 0.462 e. The molecule has 2 aliphatic heterocycles. The van der Waals surface area contributed by atoms with Crippen molar-refractivity contribution < 1.29 is 19.1 Å². The van der Waals surface area contributed by atoms with Crippen LogP contribution in [0.1, 0.15) is 35.9 Å². The number of thiophene rings is 1. The number of amides is 2. The molecule has 2 amide bonds. The minimum absolute atomic E-state index is 0.0569. The van der Waals surface area contributed by atoms with E-state index in [-0.39, 0.29) is 70.1 Å². The first-order chi connectivity index (χ1) is 15.3. The van der Waals surface area contributed by atoms with Gasteiger partial charge in [0.05, 0.1) is 23.0 Å². The van der Waals surface area contributed by atoms with E-state index in [0.29, 0.717) is 0 Å². The molecule has 1 saturated heterocycles. The second-order valence-electron chi connectivity index (χ2n) is 9.28. The highest BCUT2D eigenvalue weighted by Gasteiger charge is 2.69. The van der Waals surface area contributed by atoms with Crippen molar-refractivity contribution in [2.75, 3.05) is 6.54 Å². The molecular formula is C22H22N2O5S3. The Hall–Kier alpha value is -1.91. The van der Waals surface area contributed by atoms with Crippen LogP contribution in [-0.2, 0) is 19.1 Å². The van der Waals surface area contributed by atoms with Gasteiger partial charge in [-0.3, -0.25) is 24.1 Å². The number of thiazole rings is 1. The molecule has 0 spiro atoms. The third-order valence-corrected chi connectivity index (χ3v) is 10.9.